The van der Waals surface area contributed by atoms with Gasteiger partial charge in [0.2, 0.25) is 0 Å². The van der Waals surface area contributed by atoms with Crippen molar-refractivity contribution in [3.63, 3.8) is 0 Å². The van der Waals surface area contributed by atoms with Gasteiger partial charge in [-0.05, 0) is 44.7 Å². The van der Waals surface area contributed by atoms with Crippen LogP contribution in [-0.2, 0) is 4.74 Å². The van der Waals surface area contributed by atoms with Crippen LogP contribution < -0.4 is 5.32 Å². The third-order valence-electron chi connectivity index (χ3n) is 4.39. The van der Waals surface area contributed by atoms with Crippen LogP contribution in [0.2, 0.25) is 0 Å². The van der Waals surface area contributed by atoms with Crippen molar-refractivity contribution in [3.8, 4) is 0 Å². The molecule has 0 aromatic rings. The van der Waals surface area contributed by atoms with Gasteiger partial charge in [0.1, 0.15) is 0 Å². The van der Waals surface area contributed by atoms with E-state index in [1.54, 1.807) is 0 Å². The molecule has 2 aliphatic rings. The molecule has 106 valence electrons. The van der Waals surface area contributed by atoms with E-state index in [2.05, 4.69) is 31.0 Å². The summed E-state index contributed by atoms with van der Waals surface area (Å²) in [4.78, 5) is 2.65. The molecule has 3 nitrogen and oxygen atoms in total. The van der Waals surface area contributed by atoms with Crippen LogP contribution in [0.4, 0.5) is 0 Å². The van der Waals surface area contributed by atoms with E-state index >= 15 is 0 Å². The van der Waals surface area contributed by atoms with Crippen LogP contribution in [0.1, 0.15) is 46.5 Å². The molecular formula is C15H30N2O. The smallest absolute Gasteiger partial charge is 0.0855 e. The molecule has 0 aromatic carbocycles. The summed E-state index contributed by atoms with van der Waals surface area (Å²) in [5.74, 6) is 0.786. The summed E-state index contributed by atoms with van der Waals surface area (Å²) in [5, 5.41) is 3.64. The molecule has 0 radical (unpaired) electrons. The molecule has 0 amide bonds. The van der Waals surface area contributed by atoms with Gasteiger partial charge in [-0.15, -0.1) is 0 Å². The predicted octanol–water partition coefficient (Wildman–Crippen LogP) is 2.26. The van der Waals surface area contributed by atoms with E-state index in [1.807, 2.05) is 0 Å². The van der Waals surface area contributed by atoms with E-state index in [9.17, 15) is 0 Å². The molecule has 1 N–H and O–H groups in total. The molecule has 3 atom stereocenters. The lowest BCUT2D eigenvalue weighted by molar-refractivity contribution is -0.0659. The first-order valence-corrected chi connectivity index (χ1v) is 7.79. The summed E-state index contributed by atoms with van der Waals surface area (Å²) >= 11 is 0. The third-order valence-corrected chi connectivity index (χ3v) is 4.39. The Hall–Kier alpha value is -0.120. The van der Waals surface area contributed by atoms with Crippen LogP contribution in [0.5, 0.6) is 0 Å². The fraction of sp³-hybridized carbons (Fsp3) is 1.00. The number of hydrogen-bond donors (Lipinski definition) is 1. The predicted molar refractivity (Wildman–Crippen MR) is 75.9 cm³/mol. The number of hydrogen-bond acceptors (Lipinski definition) is 3. The van der Waals surface area contributed by atoms with E-state index in [0.717, 1.165) is 25.6 Å². The minimum Gasteiger partial charge on any atom is -0.374 e. The molecular weight excluding hydrogens is 224 g/mol. The fourth-order valence-electron chi connectivity index (χ4n) is 3.28. The van der Waals surface area contributed by atoms with E-state index in [4.69, 9.17) is 4.74 Å². The van der Waals surface area contributed by atoms with E-state index in [1.165, 1.54) is 32.2 Å². The molecule has 0 bridgehead atoms. The Kier molecular flexibility index (Phi) is 5.46. The first kappa shape index (κ1) is 14.3. The van der Waals surface area contributed by atoms with Gasteiger partial charge in [-0.25, -0.2) is 0 Å². The molecule has 18 heavy (non-hydrogen) atoms. The summed E-state index contributed by atoms with van der Waals surface area (Å²) in [6, 6.07) is 1.26. The van der Waals surface area contributed by atoms with Gasteiger partial charge < -0.3 is 10.1 Å². The number of nitrogens with one attached hydrogen (secondary N) is 1. The van der Waals surface area contributed by atoms with Gasteiger partial charge in [-0.2, -0.15) is 0 Å². The van der Waals surface area contributed by atoms with Crippen molar-refractivity contribution < 1.29 is 4.74 Å². The summed E-state index contributed by atoms with van der Waals surface area (Å²) in [6.45, 7) is 11.2. The van der Waals surface area contributed by atoms with E-state index < -0.39 is 0 Å². The monoisotopic (exact) mass is 254 g/mol. The second-order valence-corrected chi connectivity index (χ2v) is 6.30. The van der Waals surface area contributed by atoms with Crippen molar-refractivity contribution >= 4 is 0 Å². The van der Waals surface area contributed by atoms with Crippen LogP contribution in [0.3, 0.4) is 0 Å². The Bertz CT molecular complexity index is 245. The lowest BCUT2D eigenvalue weighted by Crippen LogP contribution is -2.54. The van der Waals surface area contributed by atoms with Crippen molar-refractivity contribution in [1.82, 2.24) is 10.2 Å². The zero-order valence-electron chi connectivity index (χ0n) is 12.3. The zero-order chi connectivity index (χ0) is 13.0. The fourth-order valence-corrected chi connectivity index (χ4v) is 3.28. The molecule has 3 heteroatoms. The van der Waals surface area contributed by atoms with Gasteiger partial charge in [0.05, 0.1) is 12.7 Å². The number of morpholine rings is 1. The molecule has 0 spiro atoms. The Balaban J connectivity index is 1.85. The normalized spacial score (nSPS) is 30.7. The average molecular weight is 254 g/mol. The quantitative estimate of drug-likeness (QED) is 0.787. The summed E-state index contributed by atoms with van der Waals surface area (Å²) in [7, 11) is 0. The molecule has 3 unspecified atom stereocenters. The van der Waals surface area contributed by atoms with Crippen molar-refractivity contribution in [1.29, 1.82) is 0 Å². The summed E-state index contributed by atoms with van der Waals surface area (Å²) < 4.78 is 6.13. The maximum atomic E-state index is 6.13. The van der Waals surface area contributed by atoms with Gasteiger partial charge in [0.15, 0.2) is 0 Å². The molecule has 2 heterocycles. The maximum absolute atomic E-state index is 6.13. The summed E-state index contributed by atoms with van der Waals surface area (Å²) in [5.41, 5.74) is 0. The van der Waals surface area contributed by atoms with Crippen molar-refractivity contribution in [2.75, 3.05) is 26.2 Å². The van der Waals surface area contributed by atoms with E-state index in [0.29, 0.717) is 18.2 Å². The maximum Gasteiger partial charge on any atom is 0.0855 e. The first-order chi connectivity index (χ1) is 8.70. The minimum absolute atomic E-state index is 0.401. The van der Waals surface area contributed by atoms with Gasteiger partial charge in [0, 0.05) is 18.6 Å². The zero-order valence-corrected chi connectivity index (χ0v) is 12.3. The van der Waals surface area contributed by atoms with Crippen LogP contribution >= 0.6 is 0 Å². The number of likely N-dealkylation sites (N-methyl/N-ethyl adjacent to an activating group) is 1. The van der Waals surface area contributed by atoms with Crippen LogP contribution in [-0.4, -0.2) is 49.3 Å². The molecule has 2 saturated heterocycles. The number of rotatable bonds is 6. The van der Waals surface area contributed by atoms with Crippen molar-refractivity contribution in [3.05, 3.63) is 0 Å². The van der Waals surface area contributed by atoms with Gasteiger partial charge in [0.25, 0.3) is 0 Å². The molecule has 0 aromatic heterocycles. The lowest BCUT2D eigenvalue weighted by atomic mass is 9.98. The Labute approximate surface area is 112 Å². The van der Waals surface area contributed by atoms with Crippen LogP contribution in [0.25, 0.3) is 0 Å². The van der Waals surface area contributed by atoms with Gasteiger partial charge >= 0.3 is 0 Å². The topological polar surface area (TPSA) is 24.5 Å². The SMILES string of the molecule is CCNC(CCC(C)C)C1CN2CCCC2CO1. The van der Waals surface area contributed by atoms with Gasteiger partial charge in [-0.3, -0.25) is 4.90 Å². The van der Waals surface area contributed by atoms with Crippen molar-refractivity contribution in [2.24, 2.45) is 5.92 Å². The Morgan fingerprint density at radius 2 is 2.17 bits per heavy atom. The first-order valence-electron chi connectivity index (χ1n) is 7.79. The highest BCUT2D eigenvalue weighted by atomic mass is 16.5. The Morgan fingerprint density at radius 1 is 1.33 bits per heavy atom. The van der Waals surface area contributed by atoms with Gasteiger partial charge in [-0.1, -0.05) is 20.8 Å². The molecule has 2 fully saturated rings. The molecule has 2 rings (SSSR count). The standard InChI is InChI=1S/C15H30N2O/c1-4-16-14(8-7-12(2)3)15-10-17-9-5-6-13(17)11-18-15/h12-16H,4-11H2,1-3H3. The molecule has 0 saturated carbocycles. The van der Waals surface area contributed by atoms with Crippen LogP contribution in [0, 0.1) is 5.92 Å². The van der Waals surface area contributed by atoms with Crippen molar-refractivity contribution in [2.45, 2.75) is 64.6 Å². The number of nitrogens with zero attached hydrogens (tertiary/aromatic N) is 1. The number of fused-ring (bicyclic) bond motifs is 1. The Morgan fingerprint density at radius 3 is 2.89 bits per heavy atom. The number of ether oxygens (including phenoxy) is 1. The highest BCUT2D eigenvalue weighted by Gasteiger charge is 2.35. The second kappa shape index (κ2) is 6.88. The largest absolute Gasteiger partial charge is 0.374 e. The van der Waals surface area contributed by atoms with Crippen LogP contribution in [0.15, 0.2) is 0 Å². The molecule has 0 aliphatic carbocycles. The second-order valence-electron chi connectivity index (χ2n) is 6.30. The minimum atomic E-state index is 0.401. The highest BCUT2D eigenvalue weighted by Crippen LogP contribution is 2.25. The van der Waals surface area contributed by atoms with E-state index in [-0.39, 0.29) is 0 Å². The average Bonchev–Trinajstić information content (AvgIpc) is 2.81. The summed E-state index contributed by atoms with van der Waals surface area (Å²) in [6.07, 6.45) is 5.64. The third kappa shape index (κ3) is 3.69. The highest BCUT2D eigenvalue weighted by molar-refractivity contribution is 4.90. The molecule has 2 aliphatic heterocycles. The lowest BCUT2D eigenvalue weighted by Gasteiger charge is -2.39.